The van der Waals surface area contributed by atoms with Crippen molar-refractivity contribution in [2.45, 2.75) is 12.8 Å². The van der Waals surface area contributed by atoms with E-state index in [0.29, 0.717) is 5.82 Å². The van der Waals surface area contributed by atoms with E-state index in [1.165, 1.54) is 12.8 Å². The van der Waals surface area contributed by atoms with Gasteiger partial charge in [-0.2, -0.15) is 0 Å². The van der Waals surface area contributed by atoms with Crippen molar-refractivity contribution in [1.82, 2.24) is 4.98 Å². The fourth-order valence-electron chi connectivity index (χ4n) is 1.04. The molecule has 1 heterocycles. The zero-order valence-electron chi connectivity index (χ0n) is 7.16. The predicted molar refractivity (Wildman–Crippen MR) is 54.6 cm³/mol. The summed E-state index contributed by atoms with van der Waals surface area (Å²) in [5.41, 5.74) is 5.54. The second-order valence-electron chi connectivity index (χ2n) is 3.29. The summed E-state index contributed by atoms with van der Waals surface area (Å²) < 4.78 is 6.44. The first-order valence-corrected chi connectivity index (χ1v) is 5.09. The standard InChI is InChI=1S/C9H11BrN2O/c10-7-4-12-9(11)3-8(7)13-5-6-1-2-6/h3-4,6H,1-2,5H2,(H2,11,12). The van der Waals surface area contributed by atoms with Crippen LogP contribution in [0.5, 0.6) is 5.75 Å². The Morgan fingerprint density at radius 3 is 3.08 bits per heavy atom. The third kappa shape index (κ3) is 2.34. The van der Waals surface area contributed by atoms with E-state index in [4.69, 9.17) is 10.5 Å². The van der Waals surface area contributed by atoms with Crippen LogP contribution in [0.15, 0.2) is 16.7 Å². The molecule has 0 aliphatic heterocycles. The van der Waals surface area contributed by atoms with Crippen molar-refractivity contribution in [1.29, 1.82) is 0 Å². The molecule has 2 N–H and O–H groups in total. The average molecular weight is 243 g/mol. The summed E-state index contributed by atoms with van der Waals surface area (Å²) in [6.07, 6.45) is 4.24. The molecule has 0 radical (unpaired) electrons. The lowest BCUT2D eigenvalue weighted by molar-refractivity contribution is 0.298. The normalized spacial score (nSPS) is 15.8. The van der Waals surface area contributed by atoms with Crippen molar-refractivity contribution < 1.29 is 4.74 Å². The van der Waals surface area contributed by atoms with Gasteiger partial charge in [0.15, 0.2) is 0 Å². The highest BCUT2D eigenvalue weighted by atomic mass is 79.9. The molecule has 2 rings (SSSR count). The van der Waals surface area contributed by atoms with Crippen LogP contribution in [0.1, 0.15) is 12.8 Å². The number of anilines is 1. The molecule has 13 heavy (non-hydrogen) atoms. The molecular weight excluding hydrogens is 232 g/mol. The molecule has 3 nitrogen and oxygen atoms in total. The van der Waals surface area contributed by atoms with Gasteiger partial charge in [-0.25, -0.2) is 4.98 Å². The third-order valence-corrected chi connectivity index (χ3v) is 2.61. The van der Waals surface area contributed by atoms with Crippen LogP contribution in [0, 0.1) is 5.92 Å². The van der Waals surface area contributed by atoms with Crippen LogP contribution in [-0.2, 0) is 0 Å². The van der Waals surface area contributed by atoms with Crippen molar-refractivity contribution >= 4 is 21.7 Å². The molecule has 70 valence electrons. The molecule has 0 atom stereocenters. The molecule has 0 saturated heterocycles. The van der Waals surface area contributed by atoms with Gasteiger partial charge in [0.1, 0.15) is 11.6 Å². The highest BCUT2D eigenvalue weighted by Gasteiger charge is 2.22. The Morgan fingerprint density at radius 1 is 1.62 bits per heavy atom. The number of nitrogens with zero attached hydrogens (tertiary/aromatic N) is 1. The number of ether oxygens (including phenoxy) is 1. The van der Waals surface area contributed by atoms with Crippen molar-refractivity contribution in [3.05, 3.63) is 16.7 Å². The SMILES string of the molecule is Nc1cc(OCC2CC2)c(Br)cn1. The zero-order chi connectivity index (χ0) is 9.26. The van der Waals surface area contributed by atoms with Gasteiger partial charge in [-0.15, -0.1) is 0 Å². The lowest BCUT2D eigenvalue weighted by Crippen LogP contribution is -2.01. The van der Waals surface area contributed by atoms with Crippen molar-refractivity contribution in [2.24, 2.45) is 5.92 Å². The number of rotatable bonds is 3. The van der Waals surface area contributed by atoms with Gasteiger partial charge in [-0.1, -0.05) is 0 Å². The molecule has 0 amide bonds. The van der Waals surface area contributed by atoms with Crippen LogP contribution >= 0.6 is 15.9 Å². The van der Waals surface area contributed by atoms with Crippen LogP contribution in [0.25, 0.3) is 0 Å². The van der Waals surface area contributed by atoms with E-state index in [1.54, 1.807) is 12.3 Å². The maximum atomic E-state index is 5.57. The Morgan fingerprint density at radius 2 is 2.38 bits per heavy atom. The zero-order valence-corrected chi connectivity index (χ0v) is 8.75. The molecule has 1 saturated carbocycles. The molecule has 1 aliphatic rings. The monoisotopic (exact) mass is 242 g/mol. The topological polar surface area (TPSA) is 48.1 Å². The largest absolute Gasteiger partial charge is 0.492 e. The molecule has 1 aliphatic carbocycles. The second kappa shape index (κ2) is 3.54. The highest BCUT2D eigenvalue weighted by molar-refractivity contribution is 9.10. The minimum absolute atomic E-state index is 0.494. The number of aromatic nitrogens is 1. The van der Waals surface area contributed by atoms with Crippen molar-refractivity contribution in [3.63, 3.8) is 0 Å². The molecule has 1 aromatic heterocycles. The van der Waals surface area contributed by atoms with Gasteiger partial charge in [-0.05, 0) is 34.7 Å². The summed E-state index contributed by atoms with van der Waals surface area (Å²) in [5, 5.41) is 0. The minimum Gasteiger partial charge on any atom is -0.492 e. The molecule has 0 unspecified atom stereocenters. The lowest BCUT2D eigenvalue weighted by atomic mass is 10.4. The van der Waals surface area contributed by atoms with Gasteiger partial charge < -0.3 is 10.5 Å². The summed E-state index contributed by atoms with van der Waals surface area (Å²) in [4.78, 5) is 3.93. The fraction of sp³-hybridized carbons (Fsp3) is 0.444. The van der Waals surface area contributed by atoms with Crippen LogP contribution in [0.4, 0.5) is 5.82 Å². The Bertz CT molecular complexity index is 312. The first kappa shape index (κ1) is 8.81. The Balaban J connectivity index is 2.03. The Kier molecular flexibility index (Phi) is 2.40. The summed E-state index contributed by atoms with van der Waals surface area (Å²) in [6, 6.07) is 1.74. The first-order chi connectivity index (χ1) is 6.25. The molecule has 0 bridgehead atoms. The van der Waals surface area contributed by atoms with E-state index in [1.807, 2.05) is 0 Å². The Hall–Kier alpha value is -0.770. The summed E-state index contributed by atoms with van der Waals surface area (Å²) in [7, 11) is 0. The molecule has 0 spiro atoms. The maximum absolute atomic E-state index is 5.57. The van der Waals surface area contributed by atoms with E-state index in [9.17, 15) is 0 Å². The smallest absolute Gasteiger partial charge is 0.138 e. The van der Waals surface area contributed by atoms with Crippen LogP contribution in [0.3, 0.4) is 0 Å². The van der Waals surface area contributed by atoms with E-state index >= 15 is 0 Å². The van der Waals surface area contributed by atoms with Crippen molar-refractivity contribution in [3.8, 4) is 5.75 Å². The van der Waals surface area contributed by atoms with E-state index in [2.05, 4.69) is 20.9 Å². The molecular formula is C9H11BrN2O. The molecule has 1 aromatic rings. The number of nitrogen functional groups attached to an aromatic ring is 1. The minimum atomic E-state index is 0.494. The first-order valence-electron chi connectivity index (χ1n) is 4.29. The summed E-state index contributed by atoms with van der Waals surface area (Å²) in [5.74, 6) is 2.04. The highest BCUT2D eigenvalue weighted by Crippen LogP contribution is 2.31. The van der Waals surface area contributed by atoms with E-state index in [-0.39, 0.29) is 0 Å². The number of hydrogen-bond donors (Lipinski definition) is 1. The number of pyridine rings is 1. The van der Waals surface area contributed by atoms with Gasteiger partial charge in [-0.3, -0.25) is 0 Å². The van der Waals surface area contributed by atoms with Gasteiger partial charge in [0.2, 0.25) is 0 Å². The summed E-state index contributed by atoms with van der Waals surface area (Å²) >= 11 is 3.36. The number of halogens is 1. The van der Waals surface area contributed by atoms with Crippen LogP contribution in [0.2, 0.25) is 0 Å². The second-order valence-corrected chi connectivity index (χ2v) is 4.15. The quantitative estimate of drug-likeness (QED) is 0.885. The Labute approximate surface area is 85.4 Å². The molecule has 4 heteroatoms. The van der Waals surface area contributed by atoms with Crippen molar-refractivity contribution in [2.75, 3.05) is 12.3 Å². The van der Waals surface area contributed by atoms with Gasteiger partial charge in [0.05, 0.1) is 11.1 Å². The van der Waals surface area contributed by atoms with Crippen LogP contribution in [-0.4, -0.2) is 11.6 Å². The van der Waals surface area contributed by atoms with Gasteiger partial charge in [0, 0.05) is 12.3 Å². The summed E-state index contributed by atoms with van der Waals surface area (Å²) in [6.45, 7) is 0.794. The predicted octanol–water partition coefficient (Wildman–Crippen LogP) is 2.22. The third-order valence-electron chi connectivity index (χ3n) is 2.01. The van der Waals surface area contributed by atoms with Gasteiger partial charge in [0.25, 0.3) is 0 Å². The van der Waals surface area contributed by atoms with Crippen LogP contribution < -0.4 is 10.5 Å². The number of nitrogens with two attached hydrogens (primary N) is 1. The number of hydrogen-bond acceptors (Lipinski definition) is 3. The maximum Gasteiger partial charge on any atom is 0.138 e. The van der Waals surface area contributed by atoms with E-state index in [0.717, 1.165) is 22.7 Å². The molecule has 1 fully saturated rings. The average Bonchev–Trinajstić information content (AvgIpc) is 2.90. The van der Waals surface area contributed by atoms with E-state index < -0.39 is 0 Å². The fourth-order valence-corrected chi connectivity index (χ4v) is 1.37. The molecule has 0 aromatic carbocycles. The lowest BCUT2D eigenvalue weighted by Gasteiger charge is -2.07. The van der Waals surface area contributed by atoms with Gasteiger partial charge >= 0.3 is 0 Å².